The van der Waals surface area contributed by atoms with Crippen molar-refractivity contribution in [2.24, 2.45) is 0 Å². The molecule has 0 unspecified atom stereocenters. The molecule has 6 nitrogen and oxygen atoms in total. The van der Waals surface area contributed by atoms with Crippen molar-refractivity contribution in [2.75, 3.05) is 11.1 Å². The van der Waals surface area contributed by atoms with Gasteiger partial charge in [-0.25, -0.2) is 4.98 Å². The van der Waals surface area contributed by atoms with Gasteiger partial charge in [-0.3, -0.25) is 4.98 Å². The van der Waals surface area contributed by atoms with Crippen molar-refractivity contribution in [3.05, 3.63) is 19.0 Å². The number of nitrogens with one attached hydrogen (secondary N) is 3. The molecule has 0 atom stereocenters. The maximum atomic E-state index is 5.79. The van der Waals surface area contributed by atoms with Crippen LogP contribution >= 0.6 is 0 Å². The molecule has 0 aliphatic carbocycles. The first-order valence-corrected chi connectivity index (χ1v) is 4.96. The second-order valence-electron chi connectivity index (χ2n) is 4.14. The van der Waals surface area contributed by atoms with Gasteiger partial charge in [0.2, 0.25) is 5.52 Å². The molecule has 0 fully saturated rings. The van der Waals surface area contributed by atoms with E-state index in [1.54, 1.807) is 12.4 Å². The third kappa shape index (κ3) is 1.81. The predicted octanol–water partition coefficient (Wildman–Crippen LogP) is 0.731. The van der Waals surface area contributed by atoms with Gasteiger partial charge < -0.3 is 11.1 Å². The van der Waals surface area contributed by atoms with E-state index in [1.807, 2.05) is 13.8 Å². The number of anilines is 2. The Labute approximate surface area is 93.0 Å². The first-order valence-electron chi connectivity index (χ1n) is 4.96. The Bertz CT molecular complexity index is 527. The lowest BCUT2D eigenvalue weighted by Crippen LogP contribution is -2.29. The Morgan fingerprint density at radius 3 is 3.00 bits per heavy atom. The normalized spacial score (nSPS) is 11.6. The van der Waals surface area contributed by atoms with Crippen LogP contribution in [-0.2, 0) is 0 Å². The SMILES string of the molecule is C=CC(C)(C)Nc1nc(N)c2[nH]c[nH+]c2n1. The average Bonchev–Trinajstić information content (AvgIpc) is 2.65. The minimum Gasteiger partial charge on any atom is -0.380 e. The van der Waals surface area contributed by atoms with Gasteiger partial charge in [0.25, 0.3) is 0 Å². The molecule has 84 valence electrons. The molecule has 5 N–H and O–H groups in total. The van der Waals surface area contributed by atoms with Gasteiger partial charge in [0.15, 0.2) is 12.1 Å². The van der Waals surface area contributed by atoms with E-state index in [0.29, 0.717) is 22.9 Å². The van der Waals surface area contributed by atoms with Crippen molar-refractivity contribution in [3.8, 4) is 0 Å². The van der Waals surface area contributed by atoms with Crippen molar-refractivity contribution in [3.63, 3.8) is 0 Å². The van der Waals surface area contributed by atoms with E-state index in [0.717, 1.165) is 0 Å². The lowest BCUT2D eigenvalue weighted by molar-refractivity contribution is -0.347. The molecule has 0 saturated carbocycles. The van der Waals surface area contributed by atoms with E-state index in [-0.39, 0.29) is 5.54 Å². The number of nitrogens with two attached hydrogens (primary N) is 1. The summed E-state index contributed by atoms with van der Waals surface area (Å²) in [5.74, 6) is 0.888. The van der Waals surface area contributed by atoms with Crippen LogP contribution in [0, 0.1) is 0 Å². The summed E-state index contributed by atoms with van der Waals surface area (Å²) < 4.78 is 0. The van der Waals surface area contributed by atoms with Crippen LogP contribution in [-0.4, -0.2) is 20.5 Å². The van der Waals surface area contributed by atoms with Crippen molar-refractivity contribution >= 4 is 22.9 Å². The van der Waals surface area contributed by atoms with E-state index in [2.05, 4.69) is 31.8 Å². The minimum atomic E-state index is -0.281. The maximum Gasteiger partial charge on any atom is 0.307 e. The van der Waals surface area contributed by atoms with Gasteiger partial charge in [0.1, 0.15) is 0 Å². The lowest BCUT2D eigenvalue weighted by Gasteiger charge is -2.19. The number of aromatic amines is 2. The molecule has 2 rings (SSSR count). The number of nitrogen functional groups attached to an aromatic ring is 1. The van der Waals surface area contributed by atoms with Gasteiger partial charge in [-0.15, -0.1) is 6.58 Å². The monoisotopic (exact) mass is 219 g/mol. The number of H-pyrrole nitrogens is 2. The van der Waals surface area contributed by atoms with Crippen LogP contribution in [0.4, 0.5) is 11.8 Å². The van der Waals surface area contributed by atoms with Gasteiger partial charge in [-0.1, -0.05) is 11.1 Å². The summed E-state index contributed by atoms with van der Waals surface area (Å²) in [6.45, 7) is 7.69. The summed E-state index contributed by atoms with van der Waals surface area (Å²) in [4.78, 5) is 14.3. The number of imidazole rings is 1. The molecular formula is C10H15N6+. The number of hydrogen-bond acceptors (Lipinski definition) is 4. The highest BCUT2D eigenvalue weighted by molar-refractivity contribution is 5.79. The number of rotatable bonds is 3. The molecule has 0 spiro atoms. The third-order valence-electron chi connectivity index (χ3n) is 2.31. The first kappa shape index (κ1) is 10.4. The van der Waals surface area contributed by atoms with Gasteiger partial charge in [0, 0.05) is 0 Å². The minimum absolute atomic E-state index is 0.281. The molecule has 0 amide bonds. The molecule has 2 aromatic rings. The van der Waals surface area contributed by atoms with E-state index in [9.17, 15) is 0 Å². The molecule has 0 bridgehead atoms. The summed E-state index contributed by atoms with van der Waals surface area (Å²) in [7, 11) is 0. The highest BCUT2D eigenvalue weighted by Gasteiger charge is 2.19. The fraction of sp³-hybridized carbons (Fsp3) is 0.300. The maximum absolute atomic E-state index is 5.79. The van der Waals surface area contributed by atoms with Gasteiger partial charge in [0.05, 0.1) is 5.54 Å². The van der Waals surface area contributed by atoms with Crippen molar-refractivity contribution in [1.29, 1.82) is 0 Å². The summed E-state index contributed by atoms with van der Waals surface area (Å²) in [6, 6.07) is 0. The Kier molecular flexibility index (Phi) is 2.26. The molecule has 0 aliphatic heterocycles. The summed E-state index contributed by atoms with van der Waals surface area (Å²) in [6.07, 6.45) is 3.45. The molecule has 0 aromatic carbocycles. The molecule has 0 aliphatic rings. The van der Waals surface area contributed by atoms with Crippen LogP contribution in [0.2, 0.25) is 0 Å². The molecule has 0 radical (unpaired) electrons. The standard InChI is InChI=1S/C10H14N6/c1-4-10(2,3)16-9-14-7(11)6-8(15-9)13-5-12-6/h4-5H,1H2,2-3H3,(H4,11,12,13,14,15,16)/p+1. The molecule has 16 heavy (non-hydrogen) atoms. The molecule has 0 saturated heterocycles. The van der Waals surface area contributed by atoms with Gasteiger partial charge >= 0.3 is 11.6 Å². The van der Waals surface area contributed by atoms with E-state index >= 15 is 0 Å². The Hall–Kier alpha value is -2.11. The zero-order valence-corrected chi connectivity index (χ0v) is 9.33. The second-order valence-corrected chi connectivity index (χ2v) is 4.14. The third-order valence-corrected chi connectivity index (χ3v) is 2.31. The zero-order chi connectivity index (χ0) is 11.8. The van der Waals surface area contributed by atoms with Crippen LogP contribution in [0.25, 0.3) is 11.2 Å². The summed E-state index contributed by atoms with van der Waals surface area (Å²) in [5, 5.41) is 3.14. The number of hydrogen-bond donors (Lipinski definition) is 3. The Morgan fingerprint density at radius 1 is 1.56 bits per heavy atom. The van der Waals surface area contributed by atoms with Gasteiger partial charge in [-0.2, -0.15) is 4.98 Å². The number of nitrogens with zero attached hydrogens (tertiary/aromatic N) is 2. The van der Waals surface area contributed by atoms with Crippen LogP contribution in [0.1, 0.15) is 13.8 Å². The first-order chi connectivity index (χ1) is 7.52. The fourth-order valence-electron chi connectivity index (χ4n) is 1.30. The highest BCUT2D eigenvalue weighted by Crippen LogP contribution is 2.16. The van der Waals surface area contributed by atoms with E-state index in [4.69, 9.17) is 5.73 Å². The van der Waals surface area contributed by atoms with Crippen LogP contribution in [0.5, 0.6) is 0 Å². The topological polar surface area (TPSA) is 93.8 Å². The largest absolute Gasteiger partial charge is 0.380 e. The van der Waals surface area contributed by atoms with Crippen LogP contribution in [0.15, 0.2) is 19.0 Å². The molecule has 2 aromatic heterocycles. The fourth-order valence-corrected chi connectivity index (χ4v) is 1.30. The second kappa shape index (κ2) is 3.48. The highest BCUT2D eigenvalue weighted by atomic mass is 15.2. The predicted molar refractivity (Wildman–Crippen MR) is 62.8 cm³/mol. The smallest absolute Gasteiger partial charge is 0.307 e. The molecule has 6 heteroatoms. The average molecular weight is 219 g/mol. The van der Waals surface area contributed by atoms with Crippen LogP contribution in [0.3, 0.4) is 0 Å². The van der Waals surface area contributed by atoms with Crippen molar-refractivity contribution in [2.45, 2.75) is 19.4 Å². The Balaban J connectivity index is 2.42. The number of aromatic nitrogens is 4. The quantitative estimate of drug-likeness (QED) is 0.663. The zero-order valence-electron chi connectivity index (χ0n) is 9.33. The van der Waals surface area contributed by atoms with Crippen molar-refractivity contribution < 1.29 is 4.98 Å². The van der Waals surface area contributed by atoms with E-state index < -0.39 is 0 Å². The van der Waals surface area contributed by atoms with Gasteiger partial charge in [-0.05, 0) is 13.8 Å². The lowest BCUT2D eigenvalue weighted by atomic mass is 10.1. The van der Waals surface area contributed by atoms with Crippen molar-refractivity contribution in [1.82, 2.24) is 15.0 Å². The molecular weight excluding hydrogens is 204 g/mol. The number of fused-ring (bicyclic) bond motifs is 1. The van der Waals surface area contributed by atoms with E-state index in [1.165, 1.54) is 0 Å². The van der Waals surface area contributed by atoms with Crippen LogP contribution < -0.4 is 16.0 Å². The summed E-state index contributed by atoms with van der Waals surface area (Å²) in [5.41, 5.74) is 6.90. The summed E-state index contributed by atoms with van der Waals surface area (Å²) >= 11 is 0. The molecule has 2 heterocycles. The Morgan fingerprint density at radius 2 is 2.31 bits per heavy atom.